The monoisotopic (exact) mass is 208 g/mol. The summed E-state index contributed by atoms with van der Waals surface area (Å²) in [5, 5.41) is 8.94. The molecule has 72 valence electrons. The van der Waals surface area contributed by atoms with Crippen LogP contribution in [0.5, 0.6) is 5.75 Å². The Kier molecular flexibility index (Phi) is 2.75. The number of thioether (sulfide) groups is 1. The third-order valence-electron chi connectivity index (χ3n) is 1.51. The van der Waals surface area contributed by atoms with Crippen molar-refractivity contribution >= 4 is 11.8 Å². The smallest absolute Gasteiger partial charge is 0.419 e. The highest BCUT2D eigenvalue weighted by molar-refractivity contribution is 7.98. The number of alkyl halides is 3. The largest absolute Gasteiger partial charge is 0.507 e. The number of halogens is 3. The molecule has 0 atom stereocenters. The summed E-state index contributed by atoms with van der Waals surface area (Å²) >= 11 is 1.20. The second-order valence-corrected chi connectivity index (χ2v) is 3.26. The van der Waals surface area contributed by atoms with Gasteiger partial charge in [-0.2, -0.15) is 13.2 Å². The van der Waals surface area contributed by atoms with Gasteiger partial charge >= 0.3 is 6.18 Å². The Morgan fingerprint density at radius 3 is 2.38 bits per heavy atom. The number of aromatic hydroxyl groups is 1. The van der Waals surface area contributed by atoms with E-state index >= 15 is 0 Å². The molecule has 0 aliphatic rings. The number of phenols is 1. The lowest BCUT2D eigenvalue weighted by Crippen LogP contribution is -2.05. The molecule has 0 heterocycles. The summed E-state index contributed by atoms with van der Waals surface area (Å²) < 4.78 is 36.6. The summed E-state index contributed by atoms with van der Waals surface area (Å²) in [6.45, 7) is 0. The molecular formula is C8H7F3OS. The average Bonchev–Trinajstić information content (AvgIpc) is 2.03. The first-order chi connectivity index (χ1) is 5.95. The standard InChI is InChI=1S/C8H7F3OS/c1-13-5-2-3-7(12)6(4-5)8(9,10)11/h2-4,12H,1H3. The van der Waals surface area contributed by atoms with Crippen molar-refractivity contribution in [2.75, 3.05) is 6.26 Å². The van der Waals surface area contributed by atoms with E-state index in [1.807, 2.05) is 0 Å². The van der Waals surface area contributed by atoms with Crippen molar-refractivity contribution in [1.82, 2.24) is 0 Å². The fourth-order valence-corrected chi connectivity index (χ4v) is 1.31. The summed E-state index contributed by atoms with van der Waals surface area (Å²) in [7, 11) is 0. The Balaban J connectivity index is 3.19. The van der Waals surface area contributed by atoms with E-state index in [1.54, 1.807) is 6.26 Å². The van der Waals surface area contributed by atoms with Gasteiger partial charge in [-0.05, 0) is 24.5 Å². The number of benzene rings is 1. The molecule has 0 saturated carbocycles. The van der Waals surface area contributed by atoms with Crippen molar-refractivity contribution in [3.05, 3.63) is 23.8 Å². The minimum atomic E-state index is -4.49. The molecule has 0 radical (unpaired) electrons. The number of hydrogen-bond donors (Lipinski definition) is 1. The Morgan fingerprint density at radius 1 is 1.31 bits per heavy atom. The quantitative estimate of drug-likeness (QED) is 0.715. The maximum atomic E-state index is 12.2. The van der Waals surface area contributed by atoms with E-state index in [1.165, 1.54) is 17.8 Å². The maximum Gasteiger partial charge on any atom is 0.419 e. The van der Waals surface area contributed by atoms with Crippen LogP contribution in [0.2, 0.25) is 0 Å². The highest BCUT2D eigenvalue weighted by Crippen LogP contribution is 2.37. The summed E-state index contributed by atoms with van der Waals surface area (Å²) in [6, 6.07) is 3.42. The van der Waals surface area contributed by atoms with Crippen LogP contribution in [0.4, 0.5) is 13.2 Å². The number of phenolic OH excluding ortho intramolecular Hbond substituents is 1. The van der Waals surface area contributed by atoms with Crippen molar-refractivity contribution in [3.8, 4) is 5.75 Å². The van der Waals surface area contributed by atoms with Gasteiger partial charge in [-0.25, -0.2) is 0 Å². The van der Waals surface area contributed by atoms with Crippen LogP contribution in [-0.2, 0) is 6.18 Å². The Morgan fingerprint density at radius 2 is 1.92 bits per heavy atom. The lowest BCUT2D eigenvalue weighted by atomic mass is 10.2. The third kappa shape index (κ3) is 2.30. The summed E-state index contributed by atoms with van der Waals surface area (Å²) in [4.78, 5) is 0.477. The van der Waals surface area contributed by atoms with Crippen LogP contribution < -0.4 is 0 Å². The predicted octanol–water partition coefficient (Wildman–Crippen LogP) is 3.13. The van der Waals surface area contributed by atoms with Crippen molar-refractivity contribution in [2.24, 2.45) is 0 Å². The van der Waals surface area contributed by atoms with E-state index < -0.39 is 17.5 Å². The Labute approximate surface area is 77.6 Å². The molecule has 0 fully saturated rings. The third-order valence-corrected chi connectivity index (χ3v) is 2.23. The van der Waals surface area contributed by atoms with Gasteiger partial charge in [0.25, 0.3) is 0 Å². The van der Waals surface area contributed by atoms with Gasteiger partial charge in [-0.3, -0.25) is 0 Å². The predicted molar refractivity (Wildman–Crippen MR) is 44.9 cm³/mol. The van der Waals surface area contributed by atoms with Gasteiger partial charge in [0.2, 0.25) is 0 Å². The van der Waals surface area contributed by atoms with Crippen molar-refractivity contribution in [2.45, 2.75) is 11.1 Å². The van der Waals surface area contributed by atoms with Gasteiger partial charge < -0.3 is 5.11 Å². The van der Waals surface area contributed by atoms with Crippen LogP contribution in [0.25, 0.3) is 0 Å². The van der Waals surface area contributed by atoms with Gasteiger partial charge in [0.05, 0.1) is 5.56 Å². The van der Waals surface area contributed by atoms with Crippen LogP contribution in [0.15, 0.2) is 23.1 Å². The Hall–Kier alpha value is -0.840. The highest BCUT2D eigenvalue weighted by Gasteiger charge is 2.33. The van der Waals surface area contributed by atoms with Crippen molar-refractivity contribution in [3.63, 3.8) is 0 Å². The van der Waals surface area contributed by atoms with Crippen molar-refractivity contribution < 1.29 is 18.3 Å². The van der Waals surface area contributed by atoms with E-state index in [0.29, 0.717) is 4.90 Å². The van der Waals surface area contributed by atoms with Crippen LogP contribution in [0.3, 0.4) is 0 Å². The molecule has 0 amide bonds. The molecule has 0 aliphatic heterocycles. The molecule has 0 spiro atoms. The zero-order valence-corrected chi connectivity index (χ0v) is 7.54. The van der Waals surface area contributed by atoms with Crippen molar-refractivity contribution in [1.29, 1.82) is 0 Å². The minimum absolute atomic E-state index is 0.477. The minimum Gasteiger partial charge on any atom is -0.507 e. The normalized spacial score (nSPS) is 11.7. The van der Waals surface area contributed by atoms with Gasteiger partial charge in [-0.1, -0.05) is 0 Å². The molecule has 0 bridgehead atoms. The molecule has 0 saturated heterocycles. The fraction of sp³-hybridized carbons (Fsp3) is 0.250. The highest BCUT2D eigenvalue weighted by atomic mass is 32.2. The lowest BCUT2D eigenvalue weighted by molar-refractivity contribution is -0.138. The van der Waals surface area contributed by atoms with Crippen LogP contribution >= 0.6 is 11.8 Å². The van der Waals surface area contributed by atoms with E-state index in [4.69, 9.17) is 5.11 Å². The van der Waals surface area contributed by atoms with Gasteiger partial charge in [0.15, 0.2) is 0 Å². The average molecular weight is 208 g/mol. The summed E-state index contributed by atoms with van der Waals surface area (Å²) in [5.41, 5.74) is -0.987. The second-order valence-electron chi connectivity index (χ2n) is 2.38. The van der Waals surface area contributed by atoms with E-state index in [2.05, 4.69) is 0 Å². The summed E-state index contributed by atoms with van der Waals surface area (Å²) in [6.07, 6.45) is -2.82. The van der Waals surface area contributed by atoms with E-state index in [-0.39, 0.29) is 0 Å². The topological polar surface area (TPSA) is 20.2 Å². The maximum absolute atomic E-state index is 12.2. The first-order valence-corrected chi connectivity index (χ1v) is 4.62. The molecule has 0 aromatic heterocycles. The van der Waals surface area contributed by atoms with E-state index in [9.17, 15) is 13.2 Å². The van der Waals surface area contributed by atoms with Gasteiger partial charge in [0.1, 0.15) is 5.75 Å². The molecule has 13 heavy (non-hydrogen) atoms. The molecule has 1 nitrogen and oxygen atoms in total. The fourth-order valence-electron chi connectivity index (χ4n) is 0.869. The summed E-state index contributed by atoms with van der Waals surface area (Å²) in [5.74, 6) is -0.731. The molecule has 1 aromatic carbocycles. The SMILES string of the molecule is CSc1ccc(O)c(C(F)(F)F)c1. The molecule has 1 aromatic rings. The molecular weight excluding hydrogens is 201 g/mol. The van der Waals surface area contributed by atoms with Crippen LogP contribution in [0.1, 0.15) is 5.56 Å². The first kappa shape index (κ1) is 10.2. The van der Waals surface area contributed by atoms with Crippen LogP contribution in [-0.4, -0.2) is 11.4 Å². The number of hydrogen-bond acceptors (Lipinski definition) is 2. The zero-order valence-electron chi connectivity index (χ0n) is 6.72. The molecule has 1 rings (SSSR count). The number of rotatable bonds is 1. The molecule has 5 heteroatoms. The lowest BCUT2D eigenvalue weighted by Gasteiger charge is -2.09. The van der Waals surface area contributed by atoms with Gasteiger partial charge in [0, 0.05) is 4.90 Å². The van der Waals surface area contributed by atoms with Crippen LogP contribution in [0, 0.1) is 0 Å². The van der Waals surface area contributed by atoms with E-state index in [0.717, 1.165) is 12.1 Å². The molecule has 0 unspecified atom stereocenters. The second kappa shape index (κ2) is 3.49. The molecule has 0 aliphatic carbocycles. The Bertz CT molecular complexity index is 309. The zero-order chi connectivity index (χ0) is 10.1. The van der Waals surface area contributed by atoms with Gasteiger partial charge in [-0.15, -0.1) is 11.8 Å². The first-order valence-electron chi connectivity index (χ1n) is 3.39. The molecule has 1 N–H and O–H groups in total.